The number of rotatable bonds is 5. The number of carboxylic acids is 1. The van der Waals surface area contributed by atoms with Crippen molar-refractivity contribution in [3.8, 4) is 0 Å². The maximum atomic E-state index is 10.4. The van der Waals surface area contributed by atoms with Crippen molar-refractivity contribution in [2.45, 2.75) is 40.0 Å². The Kier molecular flexibility index (Phi) is 4.16. The van der Waals surface area contributed by atoms with Crippen molar-refractivity contribution in [1.29, 1.82) is 0 Å². The summed E-state index contributed by atoms with van der Waals surface area (Å²) in [7, 11) is 0. The van der Waals surface area contributed by atoms with Crippen molar-refractivity contribution in [1.82, 2.24) is 0 Å². The Balaban J connectivity index is 4.16. The second-order valence-corrected chi connectivity index (χ2v) is 2.91. The van der Waals surface area contributed by atoms with Crippen LogP contribution in [0.25, 0.3) is 0 Å². The molecule has 0 heterocycles. The topological polar surface area (TPSA) is 37.3 Å². The minimum atomic E-state index is -0.796. The van der Waals surface area contributed by atoms with Crippen LogP contribution in [0.15, 0.2) is 0 Å². The van der Waals surface area contributed by atoms with Gasteiger partial charge in [0.1, 0.15) is 0 Å². The molecule has 0 aromatic rings. The van der Waals surface area contributed by atoms with Gasteiger partial charge >= 0.3 is 5.97 Å². The predicted molar refractivity (Wildman–Crippen MR) is 45.2 cm³/mol. The van der Waals surface area contributed by atoms with E-state index in [0.29, 0.717) is 0 Å². The Morgan fingerprint density at radius 1 is 1.27 bits per heavy atom. The summed E-state index contributed by atoms with van der Waals surface area (Å²) in [6.45, 7) is 6.10. The lowest BCUT2D eigenvalue weighted by atomic mass is 9.77. The zero-order valence-corrected chi connectivity index (χ0v) is 7.55. The first-order valence-corrected chi connectivity index (χ1v) is 4.19. The second-order valence-electron chi connectivity index (χ2n) is 2.91. The van der Waals surface area contributed by atoms with Crippen LogP contribution in [0.4, 0.5) is 0 Å². The van der Waals surface area contributed by atoms with Crippen molar-refractivity contribution in [3.05, 3.63) is 6.42 Å². The molecule has 1 N–H and O–H groups in total. The highest BCUT2D eigenvalue weighted by atomic mass is 16.4. The zero-order valence-electron chi connectivity index (χ0n) is 7.55. The van der Waals surface area contributed by atoms with E-state index >= 15 is 0 Å². The highest BCUT2D eigenvalue weighted by Gasteiger charge is 2.27. The molecule has 0 atom stereocenters. The molecule has 0 amide bonds. The van der Waals surface area contributed by atoms with E-state index in [9.17, 15) is 4.79 Å². The van der Waals surface area contributed by atoms with E-state index in [-0.39, 0.29) is 5.41 Å². The summed E-state index contributed by atoms with van der Waals surface area (Å²) in [5.74, 6) is -0.796. The van der Waals surface area contributed by atoms with Crippen LogP contribution in [0.5, 0.6) is 0 Å². The van der Waals surface area contributed by atoms with E-state index in [1.54, 1.807) is 0 Å². The molecule has 0 aliphatic carbocycles. The lowest BCUT2D eigenvalue weighted by molar-refractivity contribution is -0.134. The van der Waals surface area contributed by atoms with Crippen molar-refractivity contribution < 1.29 is 9.90 Å². The summed E-state index contributed by atoms with van der Waals surface area (Å²) in [4.78, 5) is 10.4. The van der Waals surface area contributed by atoms with Crippen LogP contribution in [0, 0.1) is 11.8 Å². The Morgan fingerprint density at radius 2 is 1.64 bits per heavy atom. The molecule has 2 heteroatoms. The summed E-state index contributed by atoms with van der Waals surface area (Å²) in [5.41, 5.74) is -0.0775. The maximum absolute atomic E-state index is 10.4. The minimum absolute atomic E-state index is 0.0775. The lowest BCUT2D eigenvalue weighted by Gasteiger charge is -2.27. The van der Waals surface area contributed by atoms with Gasteiger partial charge in [0.25, 0.3) is 0 Å². The third kappa shape index (κ3) is 2.91. The van der Waals surface area contributed by atoms with Crippen molar-refractivity contribution >= 4 is 5.97 Å². The molecule has 0 fully saturated rings. The number of carboxylic acid groups (broad SMARTS) is 1. The molecule has 0 aromatic heterocycles. The van der Waals surface area contributed by atoms with Gasteiger partial charge in [-0.05, 0) is 24.7 Å². The molecule has 1 radical (unpaired) electrons. The summed E-state index contributed by atoms with van der Waals surface area (Å²) >= 11 is 0. The molecule has 0 saturated carbocycles. The fourth-order valence-electron chi connectivity index (χ4n) is 1.32. The van der Waals surface area contributed by atoms with Crippen LogP contribution in [0.3, 0.4) is 0 Å². The van der Waals surface area contributed by atoms with Crippen molar-refractivity contribution in [2.75, 3.05) is 0 Å². The van der Waals surface area contributed by atoms with Crippen LogP contribution in [0.1, 0.15) is 40.0 Å². The van der Waals surface area contributed by atoms with Crippen LogP contribution < -0.4 is 0 Å². The average Bonchev–Trinajstić information content (AvgIpc) is 2.00. The predicted octanol–water partition coefficient (Wildman–Crippen LogP) is 2.49. The van der Waals surface area contributed by atoms with Gasteiger partial charge in [-0.25, -0.2) is 0 Å². The fourth-order valence-corrected chi connectivity index (χ4v) is 1.32. The number of carbonyl (C=O) groups is 1. The van der Waals surface area contributed by atoms with E-state index in [1.165, 1.54) is 6.42 Å². The van der Waals surface area contributed by atoms with E-state index in [0.717, 1.165) is 19.3 Å². The minimum Gasteiger partial charge on any atom is -0.481 e. The normalized spacial score (nSPS) is 11.5. The molecule has 0 rings (SSSR count). The summed E-state index contributed by atoms with van der Waals surface area (Å²) in [5, 5.41) is 8.59. The van der Waals surface area contributed by atoms with Crippen LogP contribution in [0.2, 0.25) is 0 Å². The molecule has 65 valence electrons. The lowest BCUT2D eigenvalue weighted by Crippen LogP contribution is -2.22. The van der Waals surface area contributed by atoms with E-state index < -0.39 is 5.97 Å². The first-order valence-electron chi connectivity index (χ1n) is 4.19. The van der Waals surface area contributed by atoms with Gasteiger partial charge in [0.15, 0.2) is 0 Å². The van der Waals surface area contributed by atoms with Gasteiger partial charge in [-0.2, -0.15) is 0 Å². The molecular weight excluding hydrogens is 140 g/mol. The van der Waals surface area contributed by atoms with Gasteiger partial charge in [-0.1, -0.05) is 20.8 Å². The van der Waals surface area contributed by atoms with Gasteiger partial charge < -0.3 is 5.11 Å². The molecule has 0 aromatic carbocycles. The quantitative estimate of drug-likeness (QED) is 0.665. The van der Waals surface area contributed by atoms with Gasteiger partial charge in [0, 0.05) is 0 Å². The fraction of sp³-hybridized carbons (Fsp3) is 0.778. The van der Waals surface area contributed by atoms with Gasteiger partial charge in [-0.3, -0.25) is 4.79 Å². The smallest absolute Gasteiger partial charge is 0.307 e. The van der Waals surface area contributed by atoms with E-state index in [1.807, 2.05) is 20.8 Å². The van der Waals surface area contributed by atoms with Crippen LogP contribution >= 0.6 is 0 Å². The summed E-state index contributed by atoms with van der Waals surface area (Å²) < 4.78 is 0. The summed E-state index contributed by atoms with van der Waals surface area (Å²) in [6, 6.07) is 0. The molecule has 0 saturated heterocycles. The van der Waals surface area contributed by atoms with E-state index in [4.69, 9.17) is 5.11 Å². The standard InChI is InChI=1S/C9H17O2/c1-4-9(5-2,6-3)7-8(10)11/h7H,4-6H2,1-3H3,(H,10,11). The van der Waals surface area contributed by atoms with E-state index in [2.05, 4.69) is 0 Å². The second kappa shape index (κ2) is 4.37. The zero-order chi connectivity index (χ0) is 8.91. The van der Waals surface area contributed by atoms with Crippen LogP contribution in [-0.4, -0.2) is 11.1 Å². The largest absolute Gasteiger partial charge is 0.481 e. The third-order valence-electron chi connectivity index (χ3n) is 2.54. The number of hydrogen-bond donors (Lipinski definition) is 1. The van der Waals surface area contributed by atoms with Gasteiger partial charge in [-0.15, -0.1) is 0 Å². The highest BCUT2D eigenvalue weighted by molar-refractivity contribution is 5.77. The van der Waals surface area contributed by atoms with Gasteiger partial charge in [0.05, 0.1) is 6.42 Å². The molecular formula is C9H17O2. The SMILES string of the molecule is CCC([CH]C(=O)O)(CC)CC. The van der Waals surface area contributed by atoms with Crippen LogP contribution in [-0.2, 0) is 4.79 Å². The molecule has 2 nitrogen and oxygen atoms in total. The first-order chi connectivity index (χ1) is 5.10. The maximum Gasteiger partial charge on any atom is 0.307 e. The number of aliphatic carboxylic acids is 1. The Hall–Kier alpha value is -0.530. The molecule has 11 heavy (non-hydrogen) atoms. The first kappa shape index (κ1) is 10.5. The molecule has 0 spiro atoms. The molecule has 0 bridgehead atoms. The Bertz CT molecular complexity index is 117. The molecule has 0 aliphatic rings. The summed E-state index contributed by atoms with van der Waals surface area (Å²) in [6.07, 6.45) is 4.16. The highest BCUT2D eigenvalue weighted by Crippen LogP contribution is 2.33. The average molecular weight is 157 g/mol. The Labute approximate surface area is 68.6 Å². The molecule has 0 aliphatic heterocycles. The molecule has 0 unspecified atom stereocenters. The third-order valence-corrected chi connectivity index (χ3v) is 2.54. The van der Waals surface area contributed by atoms with Crippen molar-refractivity contribution in [3.63, 3.8) is 0 Å². The number of hydrogen-bond acceptors (Lipinski definition) is 1. The monoisotopic (exact) mass is 157 g/mol. The van der Waals surface area contributed by atoms with Crippen molar-refractivity contribution in [2.24, 2.45) is 5.41 Å². The van der Waals surface area contributed by atoms with Gasteiger partial charge in [0.2, 0.25) is 0 Å². The Morgan fingerprint density at radius 3 is 1.73 bits per heavy atom.